The van der Waals surface area contributed by atoms with Crippen LogP contribution < -0.4 is 14.4 Å². The van der Waals surface area contributed by atoms with Gasteiger partial charge in [-0.1, -0.05) is 55.6 Å². The van der Waals surface area contributed by atoms with Gasteiger partial charge in [-0.05, 0) is 48.7 Å². The molecule has 0 bridgehead atoms. The lowest BCUT2D eigenvalue weighted by molar-refractivity contribution is -0.140. The molecule has 1 atom stereocenters. The molecule has 0 aliphatic rings. The molecule has 0 radical (unpaired) electrons. The average molecular weight is 559 g/mol. The quantitative estimate of drug-likeness (QED) is 0.366. The highest BCUT2D eigenvalue weighted by Crippen LogP contribution is 2.30. The molecular formula is C25H33Cl2N3O5S. The summed E-state index contributed by atoms with van der Waals surface area (Å²) >= 11 is 12.2. The Kier molecular flexibility index (Phi) is 11.3. The molecule has 2 amide bonds. The molecule has 0 aliphatic heterocycles. The first-order valence-electron chi connectivity index (χ1n) is 11.6. The lowest BCUT2D eigenvalue weighted by atomic mass is 10.1. The molecule has 2 aromatic carbocycles. The van der Waals surface area contributed by atoms with Gasteiger partial charge in [0.05, 0.1) is 24.1 Å². The largest absolute Gasteiger partial charge is 0.497 e. The van der Waals surface area contributed by atoms with Crippen LogP contribution in [-0.2, 0) is 26.2 Å². The number of carbonyl (C=O) groups excluding carboxylic acids is 2. The molecule has 198 valence electrons. The van der Waals surface area contributed by atoms with E-state index in [-0.39, 0.29) is 23.2 Å². The summed E-state index contributed by atoms with van der Waals surface area (Å²) in [6.07, 6.45) is 3.05. The Labute approximate surface area is 223 Å². The zero-order valence-electron chi connectivity index (χ0n) is 21.0. The monoisotopic (exact) mass is 557 g/mol. The van der Waals surface area contributed by atoms with Crippen molar-refractivity contribution >= 4 is 50.7 Å². The second-order valence-corrected chi connectivity index (χ2v) is 11.1. The average Bonchev–Trinajstić information content (AvgIpc) is 2.82. The summed E-state index contributed by atoms with van der Waals surface area (Å²) in [4.78, 5) is 28.1. The molecule has 11 heteroatoms. The molecular weight excluding hydrogens is 525 g/mol. The molecule has 0 aliphatic carbocycles. The van der Waals surface area contributed by atoms with Crippen LogP contribution in [0, 0.1) is 0 Å². The number of hydrogen-bond acceptors (Lipinski definition) is 5. The second kappa shape index (κ2) is 13.7. The maximum atomic E-state index is 13.7. The topological polar surface area (TPSA) is 96.0 Å². The Hall–Kier alpha value is -2.49. The van der Waals surface area contributed by atoms with E-state index in [0.29, 0.717) is 23.7 Å². The van der Waals surface area contributed by atoms with E-state index in [0.717, 1.165) is 29.0 Å². The summed E-state index contributed by atoms with van der Waals surface area (Å²) in [6, 6.07) is 10.7. The Bertz CT molecular complexity index is 1160. The number of nitrogens with one attached hydrogen (secondary N) is 1. The highest BCUT2D eigenvalue weighted by molar-refractivity contribution is 7.92. The molecule has 8 nitrogen and oxygen atoms in total. The van der Waals surface area contributed by atoms with E-state index in [1.807, 2.05) is 13.0 Å². The van der Waals surface area contributed by atoms with Gasteiger partial charge in [0, 0.05) is 18.1 Å². The van der Waals surface area contributed by atoms with E-state index in [9.17, 15) is 18.0 Å². The standard InChI is InChI=1S/C25H33Cl2N3O5S/c1-5-7-13-28-25(32)22(6-2)29(16-18-9-8-10-20(14-18)35-3)24(31)17-30(36(4,33)34)23-12-11-19(26)15-21(23)27/h8-12,14-15,22H,5-7,13,16-17H2,1-4H3,(H,28,32). The first-order valence-corrected chi connectivity index (χ1v) is 14.2. The summed E-state index contributed by atoms with van der Waals surface area (Å²) in [5, 5.41) is 3.30. The molecule has 0 spiro atoms. The SMILES string of the molecule is CCCCNC(=O)C(CC)N(Cc1cccc(OC)c1)C(=O)CN(c1ccc(Cl)cc1Cl)S(C)(=O)=O. The van der Waals surface area contributed by atoms with Crippen molar-refractivity contribution in [1.82, 2.24) is 10.2 Å². The van der Waals surface area contributed by atoms with E-state index < -0.39 is 28.5 Å². The Morgan fingerprint density at radius 2 is 1.83 bits per heavy atom. The molecule has 36 heavy (non-hydrogen) atoms. The van der Waals surface area contributed by atoms with Crippen LogP contribution in [0.4, 0.5) is 5.69 Å². The third-order valence-corrected chi connectivity index (χ3v) is 7.22. The predicted octanol–water partition coefficient (Wildman–Crippen LogP) is 4.49. The fourth-order valence-electron chi connectivity index (χ4n) is 3.67. The first-order chi connectivity index (χ1) is 17.0. The van der Waals surface area contributed by atoms with Gasteiger partial charge in [0.1, 0.15) is 18.3 Å². The van der Waals surface area contributed by atoms with E-state index >= 15 is 0 Å². The third kappa shape index (κ3) is 8.28. The van der Waals surface area contributed by atoms with Crippen molar-refractivity contribution in [3.63, 3.8) is 0 Å². The van der Waals surface area contributed by atoms with Crippen LogP contribution >= 0.6 is 23.2 Å². The molecule has 0 saturated heterocycles. The number of rotatable bonds is 13. The zero-order valence-corrected chi connectivity index (χ0v) is 23.3. The number of methoxy groups -OCH3 is 1. The lowest BCUT2D eigenvalue weighted by Gasteiger charge is -2.33. The number of unbranched alkanes of at least 4 members (excludes halogenated alkanes) is 1. The van der Waals surface area contributed by atoms with Gasteiger partial charge in [0.25, 0.3) is 0 Å². The van der Waals surface area contributed by atoms with Crippen molar-refractivity contribution < 1.29 is 22.7 Å². The fourth-order valence-corrected chi connectivity index (χ4v) is 5.09. The maximum absolute atomic E-state index is 13.7. The van der Waals surface area contributed by atoms with E-state index in [1.165, 1.54) is 30.2 Å². The summed E-state index contributed by atoms with van der Waals surface area (Å²) in [6.45, 7) is 3.86. The minimum absolute atomic E-state index is 0.0850. The van der Waals surface area contributed by atoms with Crippen molar-refractivity contribution in [2.75, 3.05) is 30.8 Å². The molecule has 1 N–H and O–H groups in total. The smallest absolute Gasteiger partial charge is 0.244 e. The Balaban J connectivity index is 2.45. The molecule has 0 heterocycles. The van der Waals surface area contributed by atoms with Gasteiger partial charge in [-0.25, -0.2) is 8.42 Å². The van der Waals surface area contributed by atoms with Crippen molar-refractivity contribution in [2.24, 2.45) is 0 Å². The number of anilines is 1. The highest BCUT2D eigenvalue weighted by atomic mass is 35.5. The van der Waals surface area contributed by atoms with Gasteiger partial charge in [-0.3, -0.25) is 13.9 Å². The van der Waals surface area contributed by atoms with Crippen molar-refractivity contribution in [2.45, 2.75) is 45.7 Å². The van der Waals surface area contributed by atoms with Crippen LogP contribution in [0.25, 0.3) is 0 Å². The molecule has 2 aromatic rings. The van der Waals surface area contributed by atoms with Crippen LogP contribution in [0.2, 0.25) is 10.0 Å². The van der Waals surface area contributed by atoms with Gasteiger partial charge >= 0.3 is 0 Å². The number of nitrogens with zero attached hydrogens (tertiary/aromatic N) is 2. The molecule has 0 fully saturated rings. The summed E-state index contributed by atoms with van der Waals surface area (Å²) in [7, 11) is -2.36. The fraction of sp³-hybridized carbons (Fsp3) is 0.440. The van der Waals surface area contributed by atoms with Crippen LogP contribution in [0.1, 0.15) is 38.7 Å². The van der Waals surface area contributed by atoms with Gasteiger partial charge in [0.2, 0.25) is 21.8 Å². The molecule has 0 aromatic heterocycles. The van der Waals surface area contributed by atoms with Gasteiger partial charge < -0.3 is 15.0 Å². The Morgan fingerprint density at radius 1 is 1.11 bits per heavy atom. The van der Waals surface area contributed by atoms with Gasteiger partial charge in [-0.2, -0.15) is 0 Å². The maximum Gasteiger partial charge on any atom is 0.244 e. The zero-order chi connectivity index (χ0) is 26.9. The summed E-state index contributed by atoms with van der Waals surface area (Å²) in [5.74, 6) is -0.240. The van der Waals surface area contributed by atoms with E-state index in [4.69, 9.17) is 27.9 Å². The number of benzene rings is 2. The highest BCUT2D eigenvalue weighted by Gasteiger charge is 2.32. The number of sulfonamides is 1. The van der Waals surface area contributed by atoms with E-state index in [1.54, 1.807) is 25.1 Å². The molecule has 2 rings (SSSR count). The lowest BCUT2D eigenvalue weighted by Crippen LogP contribution is -2.52. The van der Waals surface area contributed by atoms with Gasteiger partial charge in [0.15, 0.2) is 0 Å². The normalized spacial score (nSPS) is 12.1. The van der Waals surface area contributed by atoms with Crippen LogP contribution in [0.5, 0.6) is 5.75 Å². The number of halogens is 2. The van der Waals surface area contributed by atoms with Crippen molar-refractivity contribution in [3.8, 4) is 5.75 Å². The van der Waals surface area contributed by atoms with Crippen molar-refractivity contribution in [3.05, 3.63) is 58.1 Å². The number of hydrogen-bond donors (Lipinski definition) is 1. The minimum atomic E-state index is -3.90. The minimum Gasteiger partial charge on any atom is -0.497 e. The third-order valence-electron chi connectivity index (χ3n) is 5.56. The Morgan fingerprint density at radius 3 is 2.42 bits per heavy atom. The molecule has 0 saturated carbocycles. The van der Waals surface area contributed by atoms with Crippen molar-refractivity contribution in [1.29, 1.82) is 0 Å². The second-order valence-electron chi connectivity index (χ2n) is 8.31. The van der Waals surface area contributed by atoms with Crippen LogP contribution in [0.3, 0.4) is 0 Å². The van der Waals surface area contributed by atoms with Gasteiger partial charge in [-0.15, -0.1) is 0 Å². The first kappa shape index (κ1) is 29.7. The molecule has 1 unspecified atom stereocenters. The predicted molar refractivity (Wildman–Crippen MR) is 144 cm³/mol. The summed E-state index contributed by atoms with van der Waals surface area (Å²) < 4.78 is 31.6. The number of carbonyl (C=O) groups is 2. The van der Waals surface area contributed by atoms with E-state index in [2.05, 4.69) is 5.32 Å². The van der Waals surface area contributed by atoms with Crippen LogP contribution in [-0.4, -0.2) is 57.6 Å². The number of amides is 2. The number of ether oxygens (including phenoxy) is 1. The summed E-state index contributed by atoms with van der Waals surface area (Å²) in [5.41, 5.74) is 0.858. The van der Waals surface area contributed by atoms with Crippen LogP contribution in [0.15, 0.2) is 42.5 Å².